The monoisotopic (exact) mass is 289 g/mol. The molecule has 2 rings (SSSR count). The van der Waals surface area contributed by atoms with Gasteiger partial charge in [-0.2, -0.15) is 17.0 Å². The van der Waals surface area contributed by atoms with Crippen LogP contribution in [0.2, 0.25) is 0 Å². The molecule has 0 aromatic carbocycles. The minimum absolute atomic E-state index is 0.229. The zero-order valence-corrected chi connectivity index (χ0v) is 12.7. The van der Waals surface area contributed by atoms with E-state index in [0.717, 1.165) is 12.8 Å². The zero-order valence-electron chi connectivity index (χ0n) is 11.8. The number of nitrogens with one attached hydrogen (secondary N) is 1. The van der Waals surface area contributed by atoms with Crippen LogP contribution in [-0.4, -0.2) is 54.7 Å². The molecule has 6 nitrogen and oxygen atoms in total. The lowest BCUT2D eigenvalue weighted by atomic mass is 10.0. The molecule has 19 heavy (non-hydrogen) atoms. The lowest BCUT2D eigenvalue weighted by molar-refractivity contribution is -0.131. The second-order valence-electron chi connectivity index (χ2n) is 5.98. The van der Waals surface area contributed by atoms with E-state index < -0.39 is 15.7 Å². The van der Waals surface area contributed by atoms with Gasteiger partial charge in [0.1, 0.15) is 5.54 Å². The molecule has 2 aliphatic heterocycles. The summed E-state index contributed by atoms with van der Waals surface area (Å²) in [7, 11) is -3.54. The van der Waals surface area contributed by atoms with E-state index in [1.165, 1.54) is 8.61 Å². The maximum absolute atomic E-state index is 12.7. The van der Waals surface area contributed by atoms with E-state index in [9.17, 15) is 13.2 Å². The van der Waals surface area contributed by atoms with Gasteiger partial charge in [0.25, 0.3) is 10.2 Å². The summed E-state index contributed by atoms with van der Waals surface area (Å²) in [6.45, 7) is 7.29. The molecule has 110 valence electrons. The quantitative estimate of drug-likeness (QED) is 0.788. The van der Waals surface area contributed by atoms with Crippen LogP contribution in [0.4, 0.5) is 0 Å². The third-order valence-electron chi connectivity index (χ3n) is 4.13. The van der Waals surface area contributed by atoms with Crippen molar-refractivity contribution in [2.75, 3.05) is 26.2 Å². The number of amides is 1. The molecule has 0 aliphatic carbocycles. The van der Waals surface area contributed by atoms with Crippen molar-refractivity contribution < 1.29 is 13.2 Å². The number of piperazine rings is 1. The Morgan fingerprint density at radius 1 is 1.21 bits per heavy atom. The molecule has 0 bridgehead atoms. The summed E-state index contributed by atoms with van der Waals surface area (Å²) in [5.74, 6) is 0.344. The number of piperidine rings is 1. The summed E-state index contributed by atoms with van der Waals surface area (Å²) in [5.41, 5.74) is -1.01. The van der Waals surface area contributed by atoms with Gasteiger partial charge >= 0.3 is 0 Å². The molecule has 0 atom stereocenters. The molecule has 0 saturated carbocycles. The fourth-order valence-corrected chi connectivity index (χ4v) is 4.57. The highest BCUT2D eigenvalue weighted by atomic mass is 32.2. The van der Waals surface area contributed by atoms with Crippen LogP contribution >= 0.6 is 0 Å². The largest absolute Gasteiger partial charge is 0.353 e. The normalized spacial score (nSPS) is 27.2. The molecule has 1 N–H and O–H groups in total. The predicted molar refractivity (Wildman–Crippen MR) is 72.7 cm³/mol. The lowest BCUT2D eigenvalue weighted by Crippen LogP contribution is -2.65. The molecule has 2 aliphatic rings. The third-order valence-corrected chi connectivity index (χ3v) is 6.34. The Labute approximate surface area is 115 Å². The highest BCUT2D eigenvalue weighted by Crippen LogP contribution is 2.27. The molecule has 2 saturated heterocycles. The van der Waals surface area contributed by atoms with Crippen LogP contribution in [0.15, 0.2) is 0 Å². The fraction of sp³-hybridized carbons (Fsp3) is 0.917. The van der Waals surface area contributed by atoms with Crippen LogP contribution in [0, 0.1) is 5.92 Å². The maximum Gasteiger partial charge on any atom is 0.283 e. The summed E-state index contributed by atoms with van der Waals surface area (Å²) in [6, 6.07) is 0. The van der Waals surface area contributed by atoms with Crippen LogP contribution in [-0.2, 0) is 15.0 Å². The first-order chi connectivity index (χ1) is 8.76. The Bertz CT molecular complexity index is 453. The minimum atomic E-state index is -3.54. The Morgan fingerprint density at radius 3 is 2.37 bits per heavy atom. The van der Waals surface area contributed by atoms with Gasteiger partial charge < -0.3 is 5.32 Å². The first-order valence-corrected chi connectivity index (χ1v) is 8.22. The second kappa shape index (κ2) is 5.03. The molecule has 2 fully saturated rings. The minimum Gasteiger partial charge on any atom is -0.353 e. The summed E-state index contributed by atoms with van der Waals surface area (Å²) in [6.07, 6.45) is 1.78. The molecule has 0 radical (unpaired) electrons. The number of carbonyl (C=O) groups is 1. The Balaban J connectivity index is 2.21. The first-order valence-electron chi connectivity index (χ1n) is 6.82. The van der Waals surface area contributed by atoms with Gasteiger partial charge in [0.2, 0.25) is 5.91 Å². The standard InChI is InChI=1S/C12H23N3O3S/c1-10-4-7-14(8-5-10)19(17,18)15-9-6-13-11(16)12(15,2)3/h10H,4-9H2,1-3H3,(H,13,16). The van der Waals surface area contributed by atoms with Gasteiger partial charge in [0.05, 0.1) is 0 Å². The average molecular weight is 289 g/mol. The fourth-order valence-electron chi connectivity index (χ4n) is 2.64. The van der Waals surface area contributed by atoms with Crippen LogP contribution < -0.4 is 5.32 Å². The van der Waals surface area contributed by atoms with Gasteiger partial charge in [-0.3, -0.25) is 4.79 Å². The highest BCUT2D eigenvalue weighted by molar-refractivity contribution is 7.86. The molecular formula is C12H23N3O3S. The second-order valence-corrected chi connectivity index (χ2v) is 7.83. The number of rotatable bonds is 2. The maximum atomic E-state index is 12.7. The van der Waals surface area contributed by atoms with Crippen LogP contribution in [0.5, 0.6) is 0 Å². The molecule has 0 unspecified atom stereocenters. The van der Waals surface area contributed by atoms with Crippen LogP contribution in [0.1, 0.15) is 33.6 Å². The van der Waals surface area contributed by atoms with Gasteiger partial charge in [-0.25, -0.2) is 0 Å². The summed E-state index contributed by atoms with van der Waals surface area (Å²) in [4.78, 5) is 11.9. The number of hydrogen-bond acceptors (Lipinski definition) is 3. The summed E-state index contributed by atoms with van der Waals surface area (Å²) in [5, 5.41) is 2.72. The van der Waals surface area contributed by atoms with E-state index in [-0.39, 0.29) is 5.91 Å². The van der Waals surface area contributed by atoms with Gasteiger partial charge in [0.15, 0.2) is 0 Å². The van der Waals surface area contributed by atoms with Crippen molar-refractivity contribution in [2.24, 2.45) is 5.92 Å². The summed E-state index contributed by atoms with van der Waals surface area (Å²) >= 11 is 0. The van der Waals surface area contributed by atoms with Crippen molar-refractivity contribution in [3.63, 3.8) is 0 Å². The molecule has 0 aromatic rings. The van der Waals surface area contributed by atoms with Gasteiger partial charge in [-0.1, -0.05) is 6.92 Å². The van der Waals surface area contributed by atoms with E-state index in [2.05, 4.69) is 12.2 Å². The molecule has 7 heteroatoms. The van der Waals surface area contributed by atoms with Crippen molar-refractivity contribution in [1.82, 2.24) is 13.9 Å². The molecule has 0 spiro atoms. The van der Waals surface area contributed by atoms with E-state index in [4.69, 9.17) is 0 Å². The van der Waals surface area contributed by atoms with Crippen molar-refractivity contribution >= 4 is 16.1 Å². The number of carbonyl (C=O) groups excluding carboxylic acids is 1. The van der Waals surface area contributed by atoms with Crippen molar-refractivity contribution in [3.8, 4) is 0 Å². The van der Waals surface area contributed by atoms with Crippen LogP contribution in [0.3, 0.4) is 0 Å². The van der Waals surface area contributed by atoms with Crippen LogP contribution in [0.25, 0.3) is 0 Å². The number of hydrogen-bond donors (Lipinski definition) is 1. The molecule has 1 amide bonds. The van der Waals surface area contributed by atoms with Gasteiger partial charge in [-0.15, -0.1) is 0 Å². The Morgan fingerprint density at radius 2 is 1.79 bits per heavy atom. The van der Waals surface area contributed by atoms with E-state index in [1.807, 2.05) is 0 Å². The number of nitrogens with zero attached hydrogens (tertiary/aromatic N) is 2. The van der Waals surface area contributed by atoms with Gasteiger partial charge in [0, 0.05) is 26.2 Å². The Hall–Kier alpha value is -0.660. The summed E-state index contributed by atoms with van der Waals surface area (Å²) < 4.78 is 28.2. The zero-order chi connectivity index (χ0) is 14.3. The SMILES string of the molecule is CC1CCN(S(=O)(=O)N2CCNC(=O)C2(C)C)CC1. The lowest BCUT2D eigenvalue weighted by Gasteiger charge is -2.43. The molecule has 2 heterocycles. The Kier molecular flexibility index (Phi) is 3.90. The topological polar surface area (TPSA) is 69.7 Å². The van der Waals surface area contributed by atoms with Crippen molar-refractivity contribution in [1.29, 1.82) is 0 Å². The van der Waals surface area contributed by atoms with E-state index >= 15 is 0 Å². The third kappa shape index (κ3) is 2.64. The van der Waals surface area contributed by atoms with Crippen molar-refractivity contribution in [3.05, 3.63) is 0 Å². The highest BCUT2D eigenvalue weighted by Gasteiger charge is 2.46. The van der Waals surface area contributed by atoms with E-state index in [0.29, 0.717) is 32.1 Å². The first kappa shape index (κ1) is 14.7. The van der Waals surface area contributed by atoms with Crippen molar-refractivity contribution in [2.45, 2.75) is 39.2 Å². The smallest absolute Gasteiger partial charge is 0.283 e. The average Bonchev–Trinajstić information content (AvgIpc) is 2.33. The molecule has 0 aromatic heterocycles. The predicted octanol–water partition coefficient (Wildman–Crippen LogP) is 0.174. The molecular weight excluding hydrogens is 266 g/mol. The van der Waals surface area contributed by atoms with Gasteiger partial charge in [-0.05, 0) is 32.6 Å². The van der Waals surface area contributed by atoms with E-state index in [1.54, 1.807) is 13.8 Å².